The van der Waals surface area contributed by atoms with Gasteiger partial charge in [-0.15, -0.1) is 0 Å². The van der Waals surface area contributed by atoms with Crippen LogP contribution in [0.3, 0.4) is 0 Å². The first-order chi connectivity index (χ1) is 9.10. The number of hydrogen-bond acceptors (Lipinski definition) is 2. The van der Waals surface area contributed by atoms with Crippen molar-refractivity contribution in [2.45, 2.75) is 13.5 Å². The second-order valence-corrected chi connectivity index (χ2v) is 5.10. The normalized spacial score (nSPS) is 10.3. The Kier molecular flexibility index (Phi) is 4.32. The van der Waals surface area contributed by atoms with Gasteiger partial charge in [-0.1, -0.05) is 27.6 Å². The Labute approximate surface area is 119 Å². The van der Waals surface area contributed by atoms with Gasteiger partial charge in [0.1, 0.15) is 18.2 Å². The number of carbonyl (C=O) groups excluding carboxylic acids is 1. The van der Waals surface area contributed by atoms with E-state index in [4.69, 9.17) is 4.74 Å². The molecule has 0 spiro atoms. The highest BCUT2D eigenvalue weighted by molar-refractivity contribution is 9.10. The van der Waals surface area contributed by atoms with E-state index in [-0.39, 0.29) is 12.4 Å². The van der Waals surface area contributed by atoms with E-state index in [1.54, 1.807) is 24.3 Å². The number of carbonyl (C=O) groups is 1. The topological polar surface area (TPSA) is 26.3 Å². The molecule has 0 N–H and O–H groups in total. The molecule has 2 aromatic carbocycles. The predicted octanol–water partition coefficient (Wildman–Crippen LogP) is 4.29. The van der Waals surface area contributed by atoms with Gasteiger partial charge >= 0.3 is 0 Å². The Balaban J connectivity index is 2.18. The van der Waals surface area contributed by atoms with Gasteiger partial charge in [-0.2, -0.15) is 0 Å². The molecule has 19 heavy (non-hydrogen) atoms. The van der Waals surface area contributed by atoms with Crippen LogP contribution in [0.15, 0.2) is 40.9 Å². The van der Waals surface area contributed by atoms with Crippen LogP contribution in [0.25, 0.3) is 0 Å². The summed E-state index contributed by atoms with van der Waals surface area (Å²) >= 11 is 3.28. The van der Waals surface area contributed by atoms with E-state index in [0.717, 1.165) is 16.3 Å². The molecule has 0 radical (unpaired) electrons. The highest BCUT2D eigenvalue weighted by atomic mass is 79.9. The second-order valence-electron chi connectivity index (χ2n) is 4.18. The Morgan fingerprint density at radius 1 is 1.26 bits per heavy atom. The van der Waals surface area contributed by atoms with Crippen LogP contribution in [-0.4, -0.2) is 6.29 Å². The van der Waals surface area contributed by atoms with Gasteiger partial charge in [0, 0.05) is 10.0 Å². The molecule has 2 rings (SSSR count). The summed E-state index contributed by atoms with van der Waals surface area (Å²) in [6.07, 6.45) is 0.736. The van der Waals surface area contributed by atoms with E-state index in [1.807, 2.05) is 13.0 Å². The van der Waals surface area contributed by atoms with Gasteiger partial charge in [0.25, 0.3) is 0 Å². The standard InChI is InChI=1S/C15H12BrFO2/c1-10-2-5-15(11(6-10)8-18)19-9-12-7-13(16)3-4-14(12)17/h2-8H,9H2,1H3. The van der Waals surface area contributed by atoms with E-state index < -0.39 is 0 Å². The molecular weight excluding hydrogens is 311 g/mol. The molecule has 0 aliphatic rings. The number of aldehydes is 1. The molecule has 0 saturated heterocycles. The third-order valence-corrected chi connectivity index (χ3v) is 3.18. The van der Waals surface area contributed by atoms with Crippen molar-refractivity contribution < 1.29 is 13.9 Å². The predicted molar refractivity (Wildman–Crippen MR) is 75.0 cm³/mol. The lowest BCUT2D eigenvalue weighted by molar-refractivity contribution is 0.111. The number of hydrogen-bond donors (Lipinski definition) is 0. The van der Waals surface area contributed by atoms with Crippen LogP contribution in [0.2, 0.25) is 0 Å². The fourth-order valence-electron chi connectivity index (χ4n) is 1.70. The van der Waals surface area contributed by atoms with E-state index in [2.05, 4.69) is 15.9 Å². The van der Waals surface area contributed by atoms with E-state index >= 15 is 0 Å². The minimum absolute atomic E-state index is 0.0785. The maximum Gasteiger partial charge on any atom is 0.153 e. The highest BCUT2D eigenvalue weighted by Crippen LogP contribution is 2.21. The lowest BCUT2D eigenvalue weighted by Crippen LogP contribution is -2.01. The quantitative estimate of drug-likeness (QED) is 0.785. The summed E-state index contributed by atoms with van der Waals surface area (Å²) in [7, 11) is 0. The summed E-state index contributed by atoms with van der Waals surface area (Å²) in [4.78, 5) is 11.0. The number of benzene rings is 2. The van der Waals surface area contributed by atoms with Crippen molar-refractivity contribution in [3.63, 3.8) is 0 Å². The van der Waals surface area contributed by atoms with E-state index in [0.29, 0.717) is 16.9 Å². The molecule has 0 unspecified atom stereocenters. The molecule has 0 atom stereocenters. The zero-order valence-electron chi connectivity index (χ0n) is 10.3. The molecule has 2 nitrogen and oxygen atoms in total. The van der Waals surface area contributed by atoms with Gasteiger partial charge < -0.3 is 4.74 Å². The Bertz CT molecular complexity index is 611. The SMILES string of the molecule is Cc1ccc(OCc2cc(Br)ccc2F)c(C=O)c1. The summed E-state index contributed by atoms with van der Waals surface area (Å²) in [5.74, 6) is 0.128. The zero-order chi connectivity index (χ0) is 13.8. The zero-order valence-corrected chi connectivity index (χ0v) is 11.9. The fourth-order valence-corrected chi connectivity index (χ4v) is 2.11. The maximum atomic E-state index is 13.5. The van der Waals surface area contributed by atoms with Crippen molar-refractivity contribution >= 4 is 22.2 Å². The second kappa shape index (κ2) is 5.97. The van der Waals surface area contributed by atoms with Gasteiger partial charge in [-0.25, -0.2) is 4.39 Å². The highest BCUT2D eigenvalue weighted by Gasteiger charge is 2.07. The third-order valence-electron chi connectivity index (χ3n) is 2.68. The summed E-state index contributed by atoms with van der Waals surface area (Å²) in [5, 5.41) is 0. The largest absolute Gasteiger partial charge is 0.488 e. The molecule has 0 aliphatic carbocycles. The minimum Gasteiger partial charge on any atom is -0.488 e. The van der Waals surface area contributed by atoms with Crippen molar-refractivity contribution in [1.29, 1.82) is 0 Å². The molecule has 0 amide bonds. The minimum atomic E-state index is -0.331. The van der Waals surface area contributed by atoms with Crippen molar-refractivity contribution in [3.05, 3.63) is 63.4 Å². The Hall–Kier alpha value is -1.68. The number of ether oxygens (including phenoxy) is 1. The molecule has 0 saturated carbocycles. The van der Waals surface area contributed by atoms with Crippen LogP contribution in [0.4, 0.5) is 4.39 Å². The van der Waals surface area contributed by atoms with Gasteiger partial charge in [0.05, 0.1) is 5.56 Å². The van der Waals surface area contributed by atoms with Crippen LogP contribution < -0.4 is 4.74 Å². The first kappa shape index (κ1) is 13.7. The molecule has 0 aliphatic heterocycles. The molecule has 98 valence electrons. The van der Waals surface area contributed by atoms with E-state index in [1.165, 1.54) is 6.07 Å². The summed E-state index contributed by atoms with van der Waals surface area (Å²) in [6.45, 7) is 1.97. The van der Waals surface area contributed by atoms with Gasteiger partial charge in [-0.3, -0.25) is 4.79 Å². The maximum absolute atomic E-state index is 13.5. The van der Waals surface area contributed by atoms with Crippen LogP contribution in [0.1, 0.15) is 21.5 Å². The number of rotatable bonds is 4. The van der Waals surface area contributed by atoms with Gasteiger partial charge in [0.15, 0.2) is 6.29 Å². The van der Waals surface area contributed by atoms with E-state index in [9.17, 15) is 9.18 Å². The van der Waals surface area contributed by atoms with Crippen molar-refractivity contribution in [1.82, 2.24) is 0 Å². The third kappa shape index (κ3) is 3.41. The van der Waals surface area contributed by atoms with Crippen LogP contribution >= 0.6 is 15.9 Å². The average Bonchev–Trinajstić information content (AvgIpc) is 2.40. The molecule has 0 aromatic heterocycles. The summed E-state index contributed by atoms with van der Waals surface area (Å²) in [6, 6.07) is 9.96. The van der Waals surface area contributed by atoms with Crippen molar-refractivity contribution in [2.75, 3.05) is 0 Å². The molecule has 0 heterocycles. The molecule has 0 bridgehead atoms. The first-order valence-electron chi connectivity index (χ1n) is 5.72. The first-order valence-corrected chi connectivity index (χ1v) is 6.52. The lowest BCUT2D eigenvalue weighted by Gasteiger charge is -2.10. The van der Waals surface area contributed by atoms with Crippen molar-refractivity contribution in [3.8, 4) is 5.75 Å². The molecule has 0 fully saturated rings. The molecule has 4 heteroatoms. The average molecular weight is 323 g/mol. The fraction of sp³-hybridized carbons (Fsp3) is 0.133. The Morgan fingerprint density at radius 2 is 2.05 bits per heavy atom. The lowest BCUT2D eigenvalue weighted by atomic mass is 10.1. The summed E-state index contributed by atoms with van der Waals surface area (Å²) < 4.78 is 19.8. The molecular formula is C15H12BrFO2. The van der Waals surface area contributed by atoms with Gasteiger partial charge in [-0.05, 0) is 37.3 Å². The Morgan fingerprint density at radius 3 is 2.79 bits per heavy atom. The number of halogens is 2. The van der Waals surface area contributed by atoms with Gasteiger partial charge in [0.2, 0.25) is 0 Å². The van der Waals surface area contributed by atoms with Crippen LogP contribution in [0, 0.1) is 12.7 Å². The van der Waals surface area contributed by atoms with Crippen LogP contribution in [0.5, 0.6) is 5.75 Å². The number of aryl methyl sites for hydroxylation is 1. The van der Waals surface area contributed by atoms with Crippen molar-refractivity contribution in [2.24, 2.45) is 0 Å². The summed E-state index contributed by atoms with van der Waals surface area (Å²) in [5.41, 5.74) is 1.88. The smallest absolute Gasteiger partial charge is 0.153 e. The monoisotopic (exact) mass is 322 g/mol. The molecule has 2 aromatic rings. The van der Waals surface area contributed by atoms with Crippen LogP contribution in [-0.2, 0) is 6.61 Å².